The molecule has 19 heavy (non-hydrogen) atoms. The predicted octanol–water partition coefficient (Wildman–Crippen LogP) is 2.05. The first-order valence-electron chi connectivity index (χ1n) is 5.90. The minimum absolute atomic E-state index is 0.00396. The van der Waals surface area contributed by atoms with E-state index in [2.05, 4.69) is 5.32 Å². The number of carbonyl (C=O) groups is 1. The van der Waals surface area contributed by atoms with Crippen LogP contribution in [0.4, 0.5) is 0 Å². The van der Waals surface area contributed by atoms with Crippen molar-refractivity contribution >= 4 is 29.1 Å². The summed E-state index contributed by atoms with van der Waals surface area (Å²) in [6, 6.07) is 4.82. The van der Waals surface area contributed by atoms with Gasteiger partial charge in [-0.15, -0.1) is 0 Å². The lowest BCUT2D eigenvalue weighted by Crippen LogP contribution is -2.39. The highest BCUT2D eigenvalue weighted by Crippen LogP contribution is 2.21. The Balaban J connectivity index is 2.58. The van der Waals surface area contributed by atoms with Gasteiger partial charge in [-0.05, 0) is 24.1 Å². The zero-order valence-electron chi connectivity index (χ0n) is 10.7. The van der Waals surface area contributed by atoms with Crippen LogP contribution in [0.2, 0.25) is 10.0 Å². The number of methoxy groups -OCH3 is 1. The molecule has 0 bridgehead atoms. The first kappa shape index (κ1) is 16.2. The number of carbonyl (C=O) groups excluding carboxylic acids is 1. The van der Waals surface area contributed by atoms with E-state index in [9.17, 15) is 4.79 Å². The molecule has 0 aliphatic heterocycles. The van der Waals surface area contributed by atoms with Gasteiger partial charge in [-0.2, -0.15) is 0 Å². The number of nitrogens with one attached hydrogen (secondary N) is 1. The molecule has 106 valence electrons. The van der Waals surface area contributed by atoms with Gasteiger partial charge >= 0.3 is 0 Å². The van der Waals surface area contributed by atoms with Crippen LogP contribution < -0.4 is 5.32 Å². The molecule has 0 radical (unpaired) electrons. The molecule has 0 aromatic heterocycles. The number of hydrogen-bond acceptors (Lipinski definition) is 3. The molecular formula is C13H17Cl2NO3. The topological polar surface area (TPSA) is 58.6 Å². The van der Waals surface area contributed by atoms with Gasteiger partial charge in [0.05, 0.1) is 19.1 Å². The number of amides is 1. The fraction of sp³-hybridized carbons (Fsp3) is 0.462. The van der Waals surface area contributed by atoms with Crippen LogP contribution in [0, 0.1) is 0 Å². The maximum absolute atomic E-state index is 11.9. The third kappa shape index (κ3) is 5.78. The monoisotopic (exact) mass is 305 g/mol. The van der Waals surface area contributed by atoms with Crippen molar-refractivity contribution in [1.29, 1.82) is 0 Å². The van der Waals surface area contributed by atoms with Gasteiger partial charge in [0.2, 0.25) is 5.91 Å². The molecule has 0 aliphatic carbocycles. The van der Waals surface area contributed by atoms with Crippen LogP contribution in [-0.4, -0.2) is 37.4 Å². The zero-order chi connectivity index (χ0) is 14.3. The van der Waals surface area contributed by atoms with E-state index in [1.165, 1.54) is 0 Å². The summed E-state index contributed by atoms with van der Waals surface area (Å²) in [5, 5.41) is 12.7. The molecule has 1 aromatic carbocycles. The average Bonchev–Trinajstić information content (AvgIpc) is 2.33. The molecule has 1 rings (SSSR count). The van der Waals surface area contributed by atoms with E-state index in [0.29, 0.717) is 28.6 Å². The third-order valence-corrected chi connectivity index (χ3v) is 3.16. The predicted molar refractivity (Wildman–Crippen MR) is 75.7 cm³/mol. The molecule has 6 heteroatoms. The first-order chi connectivity index (χ1) is 9.06. The van der Waals surface area contributed by atoms with Gasteiger partial charge in [-0.1, -0.05) is 29.3 Å². The van der Waals surface area contributed by atoms with Gasteiger partial charge < -0.3 is 15.2 Å². The summed E-state index contributed by atoms with van der Waals surface area (Å²) >= 11 is 11.8. The normalized spacial score (nSPS) is 12.2. The quantitative estimate of drug-likeness (QED) is 0.810. The highest BCUT2D eigenvalue weighted by molar-refractivity contribution is 6.35. The molecule has 0 heterocycles. The van der Waals surface area contributed by atoms with E-state index >= 15 is 0 Å². The van der Waals surface area contributed by atoms with Crippen molar-refractivity contribution < 1.29 is 14.6 Å². The van der Waals surface area contributed by atoms with Gasteiger partial charge in [0.15, 0.2) is 0 Å². The number of aliphatic hydroxyl groups is 1. The van der Waals surface area contributed by atoms with Crippen molar-refractivity contribution in [1.82, 2.24) is 5.32 Å². The second kappa shape index (κ2) is 8.38. The lowest BCUT2D eigenvalue weighted by molar-refractivity contribution is -0.121. The van der Waals surface area contributed by atoms with E-state index in [0.717, 1.165) is 0 Å². The Bertz CT molecular complexity index is 420. The number of halogens is 2. The fourth-order valence-electron chi connectivity index (χ4n) is 1.67. The Morgan fingerprint density at radius 2 is 2.21 bits per heavy atom. The SMILES string of the molecule is COCC(CCO)NC(=O)Cc1ccc(Cl)cc1Cl. The molecule has 1 aromatic rings. The highest BCUT2D eigenvalue weighted by atomic mass is 35.5. The maximum atomic E-state index is 11.9. The van der Waals surface area contributed by atoms with Crippen LogP contribution in [0.5, 0.6) is 0 Å². The molecule has 1 amide bonds. The Morgan fingerprint density at radius 3 is 2.79 bits per heavy atom. The van der Waals surface area contributed by atoms with Gasteiger partial charge in [-0.3, -0.25) is 4.79 Å². The summed E-state index contributed by atoms with van der Waals surface area (Å²) in [6.07, 6.45) is 0.621. The van der Waals surface area contributed by atoms with Gasteiger partial charge in [0.1, 0.15) is 0 Å². The number of hydrogen-bond donors (Lipinski definition) is 2. The minimum atomic E-state index is -0.200. The molecule has 4 nitrogen and oxygen atoms in total. The van der Waals surface area contributed by atoms with Crippen molar-refractivity contribution in [2.75, 3.05) is 20.3 Å². The number of ether oxygens (including phenoxy) is 1. The van der Waals surface area contributed by atoms with Crippen molar-refractivity contribution in [2.45, 2.75) is 18.9 Å². The molecule has 1 atom stereocenters. The number of aliphatic hydroxyl groups excluding tert-OH is 1. The van der Waals surface area contributed by atoms with E-state index in [-0.39, 0.29) is 25.0 Å². The van der Waals surface area contributed by atoms with Gasteiger partial charge in [0.25, 0.3) is 0 Å². The van der Waals surface area contributed by atoms with Crippen LogP contribution in [-0.2, 0) is 16.0 Å². The molecule has 1 unspecified atom stereocenters. The van der Waals surface area contributed by atoms with E-state index in [1.807, 2.05) is 0 Å². The molecule has 0 fully saturated rings. The molecular weight excluding hydrogens is 289 g/mol. The summed E-state index contributed by atoms with van der Waals surface area (Å²) in [4.78, 5) is 11.9. The second-order valence-corrected chi connectivity index (χ2v) is 4.99. The molecule has 0 saturated carbocycles. The minimum Gasteiger partial charge on any atom is -0.396 e. The summed E-state index contributed by atoms with van der Waals surface area (Å²) in [5.41, 5.74) is 0.712. The Labute approximate surface area is 122 Å². The highest BCUT2D eigenvalue weighted by Gasteiger charge is 2.13. The lowest BCUT2D eigenvalue weighted by Gasteiger charge is -2.17. The molecule has 0 aliphatic rings. The fourth-order valence-corrected chi connectivity index (χ4v) is 2.15. The smallest absolute Gasteiger partial charge is 0.224 e. The van der Waals surface area contributed by atoms with Crippen LogP contribution in [0.1, 0.15) is 12.0 Å². The van der Waals surface area contributed by atoms with E-state index in [4.69, 9.17) is 33.0 Å². The van der Waals surface area contributed by atoms with Crippen LogP contribution in [0.3, 0.4) is 0 Å². The van der Waals surface area contributed by atoms with Crippen molar-refractivity contribution in [3.63, 3.8) is 0 Å². The summed E-state index contributed by atoms with van der Waals surface area (Å²) in [5.74, 6) is -0.167. The molecule has 2 N–H and O–H groups in total. The summed E-state index contributed by atoms with van der Waals surface area (Å²) in [6.45, 7) is 0.358. The Kier molecular flexibility index (Phi) is 7.16. The first-order valence-corrected chi connectivity index (χ1v) is 6.65. The van der Waals surface area contributed by atoms with Gasteiger partial charge in [-0.25, -0.2) is 0 Å². The van der Waals surface area contributed by atoms with Crippen LogP contribution in [0.15, 0.2) is 18.2 Å². The van der Waals surface area contributed by atoms with E-state index in [1.54, 1.807) is 25.3 Å². The zero-order valence-corrected chi connectivity index (χ0v) is 12.2. The largest absolute Gasteiger partial charge is 0.396 e. The standard InChI is InChI=1S/C13H17Cl2NO3/c1-19-8-11(4-5-17)16-13(18)6-9-2-3-10(14)7-12(9)15/h2-3,7,11,17H,4-6,8H2,1H3,(H,16,18). The number of rotatable bonds is 7. The van der Waals surface area contributed by atoms with Crippen molar-refractivity contribution in [3.05, 3.63) is 33.8 Å². The van der Waals surface area contributed by atoms with Crippen LogP contribution >= 0.6 is 23.2 Å². The van der Waals surface area contributed by atoms with Crippen LogP contribution in [0.25, 0.3) is 0 Å². The Morgan fingerprint density at radius 1 is 1.47 bits per heavy atom. The second-order valence-electron chi connectivity index (χ2n) is 4.14. The van der Waals surface area contributed by atoms with Gasteiger partial charge in [0, 0.05) is 23.8 Å². The molecule has 0 spiro atoms. The lowest BCUT2D eigenvalue weighted by atomic mass is 10.1. The summed E-state index contributed by atoms with van der Waals surface area (Å²) < 4.78 is 4.98. The average molecular weight is 306 g/mol. The third-order valence-electron chi connectivity index (χ3n) is 2.58. The Hall–Kier alpha value is -0.810. The molecule has 0 saturated heterocycles. The van der Waals surface area contributed by atoms with Crippen molar-refractivity contribution in [3.8, 4) is 0 Å². The maximum Gasteiger partial charge on any atom is 0.224 e. The van der Waals surface area contributed by atoms with Crippen molar-refractivity contribution in [2.24, 2.45) is 0 Å². The summed E-state index contributed by atoms with van der Waals surface area (Å²) in [7, 11) is 1.55. The van der Waals surface area contributed by atoms with E-state index < -0.39 is 0 Å². The number of benzene rings is 1.